The molecule has 0 amide bonds. The van der Waals surface area contributed by atoms with Gasteiger partial charge in [-0.2, -0.15) is 0 Å². The molecule has 0 N–H and O–H groups in total. The fraction of sp³-hybridized carbons (Fsp3) is 0.600. The zero-order chi connectivity index (χ0) is 8.43. The molecule has 0 heterocycles. The minimum Gasteiger partial charge on any atom is -1.00 e. The van der Waals surface area contributed by atoms with Gasteiger partial charge in [0.1, 0.15) is 0 Å². The summed E-state index contributed by atoms with van der Waals surface area (Å²) < 4.78 is 1.65. The van der Waals surface area contributed by atoms with Crippen LogP contribution in [0.5, 0.6) is 0 Å². The summed E-state index contributed by atoms with van der Waals surface area (Å²) >= 11 is 1.60. The molecule has 0 saturated heterocycles. The van der Waals surface area contributed by atoms with Gasteiger partial charge in [-0.25, -0.2) is 0 Å². The molecule has 3 heteroatoms. The molecule has 13 heavy (non-hydrogen) atoms. The van der Waals surface area contributed by atoms with Gasteiger partial charge < -0.3 is 24.8 Å². The van der Waals surface area contributed by atoms with Crippen LogP contribution in [0.15, 0.2) is 20.0 Å². The Morgan fingerprint density at radius 1 is 1.15 bits per heavy atom. The van der Waals surface area contributed by atoms with E-state index in [-0.39, 0.29) is 24.8 Å². The van der Waals surface area contributed by atoms with Crippen LogP contribution in [0.4, 0.5) is 0 Å². The molecule has 0 aliphatic heterocycles. The molecule has 0 atom stereocenters. The predicted molar refractivity (Wildman–Crippen MR) is 44.9 cm³/mol. The number of allylic oxidation sites excluding steroid dienone is 4. The Labute approximate surface area is 109 Å². The van der Waals surface area contributed by atoms with Gasteiger partial charge >= 0.3 is 84.8 Å². The van der Waals surface area contributed by atoms with Gasteiger partial charge in [0.2, 0.25) is 0 Å². The van der Waals surface area contributed by atoms with Gasteiger partial charge in [-0.1, -0.05) is 0 Å². The molecule has 0 bridgehead atoms. The van der Waals surface area contributed by atoms with Gasteiger partial charge in [-0.3, -0.25) is 0 Å². The summed E-state index contributed by atoms with van der Waals surface area (Å²) in [4.78, 5) is 0. The second kappa shape index (κ2) is 7.26. The van der Waals surface area contributed by atoms with E-state index in [1.807, 2.05) is 0 Å². The monoisotopic (exact) mass is 295 g/mol. The van der Waals surface area contributed by atoms with Gasteiger partial charge in [-0.05, 0) is 0 Å². The average molecular weight is 297 g/mol. The van der Waals surface area contributed by atoms with Crippen molar-refractivity contribution in [2.45, 2.75) is 40.0 Å². The van der Waals surface area contributed by atoms with E-state index in [1.165, 1.54) is 19.3 Å². The Balaban J connectivity index is 0. The molecule has 0 unspecified atom stereocenters. The molecule has 0 fully saturated rings. The first kappa shape index (κ1) is 16.4. The van der Waals surface area contributed by atoms with Gasteiger partial charge in [0, 0.05) is 0 Å². The third-order valence-electron chi connectivity index (χ3n) is 2.41. The fourth-order valence-electron chi connectivity index (χ4n) is 1.71. The quantitative estimate of drug-likeness (QED) is 0.522. The van der Waals surface area contributed by atoms with E-state index < -0.39 is 0 Å². The van der Waals surface area contributed by atoms with E-state index in [0.717, 1.165) is 0 Å². The van der Waals surface area contributed by atoms with E-state index in [0.29, 0.717) is 0 Å². The molecular weight excluding hydrogens is 282 g/mol. The van der Waals surface area contributed by atoms with Crippen LogP contribution < -0.4 is 24.8 Å². The fourth-order valence-corrected chi connectivity index (χ4v) is 2.80. The Bertz CT molecular complexity index is 229. The van der Waals surface area contributed by atoms with Crippen molar-refractivity contribution in [3.8, 4) is 0 Å². The maximum absolute atomic E-state index is 2.28. The van der Waals surface area contributed by atoms with E-state index in [4.69, 9.17) is 0 Å². The summed E-state index contributed by atoms with van der Waals surface area (Å²) in [5.74, 6) is 0. The minimum atomic E-state index is 0. The smallest absolute Gasteiger partial charge is 1.00 e. The zero-order valence-electron chi connectivity index (χ0n) is 8.38. The van der Waals surface area contributed by atoms with Crippen LogP contribution in [0.3, 0.4) is 0 Å². The minimum absolute atomic E-state index is 0. The maximum atomic E-state index is 2.28. The van der Waals surface area contributed by atoms with Crippen LogP contribution in [-0.2, 0) is 24.7 Å². The molecule has 73 valence electrons. The number of rotatable bonds is 2. The first-order valence-electron chi connectivity index (χ1n) is 4.33. The maximum Gasteiger partial charge on any atom is -1.00 e. The second-order valence-electron chi connectivity index (χ2n) is 3.12. The van der Waals surface area contributed by atoms with E-state index in [1.54, 1.807) is 44.7 Å². The second-order valence-corrected chi connectivity index (χ2v) is 4.35. The molecule has 0 nitrogen and oxygen atoms in total. The molecular formula is C10H15Cl2Zr. The predicted octanol–water partition coefficient (Wildman–Crippen LogP) is -2.66. The Morgan fingerprint density at radius 2 is 1.69 bits per heavy atom. The van der Waals surface area contributed by atoms with Crippen molar-refractivity contribution < 1.29 is 49.5 Å². The summed E-state index contributed by atoms with van der Waals surface area (Å²) in [6.07, 6.45) is 3.75. The number of hydrogen-bond donors (Lipinski definition) is 0. The van der Waals surface area contributed by atoms with E-state index in [2.05, 4.69) is 20.8 Å². The summed E-state index contributed by atoms with van der Waals surface area (Å²) in [6, 6.07) is 0. The van der Waals surface area contributed by atoms with Gasteiger partial charge in [-0.15, -0.1) is 0 Å². The van der Waals surface area contributed by atoms with Crippen LogP contribution in [0.1, 0.15) is 40.0 Å². The van der Waals surface area contributed by atoms with Gasteiger partial charge in [0.15, 0.2) is 0 Å². The molecule has 1 aliphatic rings. The Morgan fingerprint density at radius 3 is 2.00 bits per heavy atom. The zero-order valence-corrected chi connectivity index (χ0v) is 12.3. The summed E-state index contributed by atoms with van der Waals surface area (Å²) in [6.45, 7) is 6.82. The Hall–Kier alpha value is 0.943. The van der Waals surface area contributed by atoms with Crippen molar-refractivity contribution in [2.24, 2.45) is 0 Å². The van der Waals surface area contributed by atoms with Crippen molar-refractivity contribution in [2.75, 3.05) is 0 Å². The van der Waals surface area contributed by atoms with Crippen LogP contribution in [0.2, 0.25) is 0 Å². The third-order valence-corrected chi connectivity index (χ3v) is 4.21. The first-order valence-corrected chi connectivity index (χ1v) is 5.56. The third kappa shape index (κ3) is 3.53. The molecule has 0 aromatic rings. The van der Waals surface area contributed by atoms with Crippen LogP contribution in [0, 0.1) is 0 Å². The molecule has 0 saturated carbocycles. The SMILES string of the molecule is CCC1=C(CC)[C]([Zr+2])=C(C)C1.[Cl-].[Cl-]. The normalized spacial score (nSPS) is 15.8. The molecule has 1 rings (SSSR count). The van der Waals surface area contributed by atoms with Crippen molar-refractivity contribution in [3.63, 3.8) is 0 Å². The largest absolute Gasteiger partial charge is 1.00 e. The Kier molecular flexibility index (Phi) is 9.15. The number of halogens is 2. The molecule has 1 aliphatic carbocycles. The van der Waals surface area contributed by atoms with Crippen LogP contribution in [0.25, 0.3) is 0 Å². The van der Waals surface area contributed by atoms with Gasteiger partial charge in [0.25, 0.3) is 0 Å². The molecule has 0 aromatic carbocycles. The molecule has 0 spiro atoms. The van der Waals surface area contributed by atoms with Gasteiger partial charge in [0.05, 0.1) is 0 Å². The topological polar surface area (TPSA) is 0 Å². The summed E-state index contributed by atoms with van der Waals surface area (Å²) in [5, 5.41) is 0. The standard InChI is InChI=1S/C10H15.2ClH.Zr/c1-4-9-6-8(3)7-10(9)5-2;;;/h4-6H2,1-3H3;2*1H;/q;;;+2/p-2. The van der Waals surface area contributed by atoms with Crippen molar-refractivity contribution in [3.05, 3.63) is 20.0 Å². The van der Waals surface area contributed by atoms with E-state index in [9.17, 15) is 0 Å². The summed E-state index contributed by atoms with van der Waals surface area (Å²) in [5.41, 5.74) is 4.98. The summed E-state index contributed by atoms with van der Waals surface area (Å²) in [7, 11) is 0. The first-order chi connectivity index (χ1) is 5.20. The van der Waals surface area contributed by atoms with Crippen molar-refractivity contribution in [1.82, 2.24) is 0 Å². The van der Waals surface area contributed by atoms with Crippen LogP contribution in [-0.4, -0.2) is 0 Å². The average Bonchev–Trinajstić information content (AvgIpc) is 2.28. The van der Waals surface area contributed by atoms with Crippen LogP contribution >= 0.6 is 0 Å². The molecule has 0 radical (unpaired) electrons. The van der Waals surface area contributed by atoms with Crippen molar-refractivity contribution >= 4 is 0 Å². The molecule has 0 aromatic heterocycles. The van der Waals surface area contributed by atoms with Crippen molar-refractivity contribution in [1.29, 1.82) is 0 Å². The van der Waals surface area contributed by atoms with E-state index >= 15 is 0 Å². The number of hydrogen-bond acceptors (Lipinski definition) is 0.